The molecule has 3 atom stereocenters. The number of benzene rings is 1. The van der Waals surface area contributed by atoms with E-state index in [-0.39, 0.29) is 17.8 Å². The molecule has 2 fully saturated rings. The second-order valence-electron chi connectivity index (χ2n) is 5.90. The van der Waals surface area contributed by atoms with Crippen LogP contribution in [0.15, 0.2) is 30.5 Å². The molecule has 1 aromatic carbocycles. The molecule has 22 heavy (non-hydrogen) atoms. The van der Waals surface area contributed by atoms with Crippen molar-refractivity contribution in [3.63, 3.8) is 0 Å². The summed E-state index contributed by atoms with van der Waals surface area (Å²) in [4.78, 5) is 17.4. The summed E-state index contributed by atoms with van der Waals surface area (Å²) >= 11 is 1.34. The van der Waals surface area contributed by atoms with Crippen molar-refractivity contribution in [2.75, 3.05) is 0 Å². The Hall–Kier alpha value is -1.79. The van der Waals surface area contributed by atoms with Crippen molar-refractivity contribution in [3.05, 3.63) is 41.3 Å². The number of amides is 1. The number of carbonyl (C=O) groups excluding carboxylic acids is 1. The van der Waals surface area contributed by atoms with Crippen LogP contribution in [-0.2, 0) is 0 Å². The van der Waals surface area contributed by atoms with Crippen molar-refractivity contribution in [2.24, 2.45) is 0 Å². The smallest absolute Gasteiger partial charge is 0.280 e. The lowest BCUT2D eigenvalue weighted by Crippen LogP contribution is -2.42. The first-order chi connectivity index (χ1) is 10.7. The van der Waals surface area contributed by atoms with E-state index < -0.39 is 0 Å². The highest BCUT2D eigenvalue weighted by molar-refractivity contribution is 7.16. The first-order valence-corrected chi connectivity index (χ1v) is 8.29. The molecule has 114 valence electrons. The van der Waals surface area contributed by atoms with Gasteiger partial charge < -0.3 is 10.6 Å². The molecule has 4 nitrogen and oxygen atoms in total. The highest BCUT2D eigenvalue weighted by Crippen LogP contribution is 2.29. The van der Waals surface area contributed by atoms with Crippen LogP contribution in [0.4, 0.5) is 4.39 Å². The molecule has 0 spiro atoms. The third kappa shape index (κ3) is 2.53. The van der Waals surface area contributed by atoms with Crippen molar-refractivity contribution in [1.82, 2.24) is 15.6 Å². The van der Waals surface area contributed by atoms with Crippen molar-refractivity contribution < 1.29 is 9.18 Å². The predicted molar refractivity (Wildman–Crippen MR) is 83.3 cm³/mol. The average molecular weight is 317 g/mol. The SMILES string of the molecule is O=C(N[C@@H]1C[C@H]2CC[C@@H]1N2)c1ncc(-c2ccc(F)cc2)s1. The standard InChI is InChI=1S/C16H16FN3OS/c17-10-3-1-9(2-4-10)14-8-18-16(22-14)15(21)20-13-7-11-5-6-12(13)19-11/h1-4,8,11-13,19H,5-7H2,(H,20,21)/t11-,12+,13-/m1/s1. The molecular formula is C16H16FN3OS. The Morgan fingerprint density at radius 3 is 2.82 bits per heavy atom. The molecule has 3 heterocycles. The fourth-order valence-electron chi connectivity index (χ4n) is 3.34. The maximum Gasteiger partial charge on any atom is 0.280 e. The van der Waals surface area contributed by atoms with Crippen molar-refractivity contribution in [2.45, 2.75) is 37.4 Å². The van der Waals surface area contributed by atoms with E-state index in [4.69, 9.17) is 0 Å². The first kappa shape index (κ1) is 13.8. The number of halogens is 1. The molecule has 2 aliphatic heterocycles. The van der Waals surface area contributed by atoms with E-state index in [9.17, 15) is 9.18 Å². The highest BCUT2D eigenvalue weighted by atomic mass is 32.1. The fraction of sp³-hybridized carbons (Fsp3) is 0.375. The molecule has 6 heteroatoms. The Labute approximate surface area is 131 Å². The van der Waals surface area contributed by atoms with Crippen LogP contribution in [0.1, 0.15) is 29.1 Å². The molecule has 1 amide bonds. The number of nitrogens with one attached hydrogen (secondary N) is 2. The van der Waals surface area contributed by atoms with Crippen molar-refractivity contribution >= 4 is 17.2 Å². The Bertz CT molecular complexity index is 700. The number of fused-ring (bicyclic) bond motifs is 2. The van der Waals surface area contributed by atoms with Crippen molar-refractivity contribution in [1.29, 1.82) is 0 Å². The largest absolute Gasteiger partial charge is 0.346 e. The van der Waals surface area contributed by atoms with E-state index in [0.717, 1.165) is 23.3 Å². The van der Waals surface area contributed by atoms with Gasteiger partial charge in [-0.1, -0.05) is 12.1 Å². The number of aromatic nitrogens is 1. The number of carbonyl (C=O) groups is 1. The van der Waals surface area contributed by atoms with Crippen LogP contribution in [0.5, 0.6) is 0 Å². The zero-order valence-electron chi connectivity index (χ0n) is 11.9. The summed E-state index contributed by atoms with van der Waals surface area (Å²) in [5.41, 5.74) is 0.875. The maximum absolute atomic E-state index is 13.0. The molecule has 0 aliphatic carbocycles. The van der Waals surface area contributed by atoms with Crippen LogP contribution in [-0.4, -0.2) is 29.0 Å². The first-order valence-electron chi connectivity index (χ1n) is 7.48. The van der Waals surface area contributed by atoms with E-state index in [0.29, 0.717) is 17.1 Å². The van der Waals surface area contributed by atoms with E-state index in [1.54, 1.807) is 18.3 Å². The normalized spacial score (nSPS) is 26.3. The zero-order valence-corrected chi connectivity index (χ0v) is 12.7. The summed E-state index contributed by atoms with van der Waals surface area (Å²) < 4.78 is 13.0. The van der Waals surface area contributed by atoms with Gasteiger partial charge in [-0.3, -0.25) is 4.79 Å². The van der Waals surface area contributed by atoms with Gasteiger partial charge in [0.15, 0.2) is 5.01 Å². The molecule has 2 bridgehead atoms. The Balaban J connectivity index is 1.46. The summed E-state index contributed by atoms with van der Waals surface area (Å²) in [7, 11) is 0. The topological polar surface area (TPSA) is 54.0 Å². The fourth-order valence-corrected chi connectivity index (χ4v) is 4.17. The number of hydrogen-bond donors (Lipinski definition) is 2. The highest BCUT2D eigenvalue weighted by Gasteiger charge is 2.39. The van der Waals surface area contributed by atoms with Gasteiger partial charge in [-0.2, -0.15) is 0 Å². The molecule has 2 N–H and O–H groups in total. The summed E-state index contributed by atoms with van der Waals surface area (Å²) in [6.45, 7) is 0. The number of thiazole rings is 1. The van der Waals surface area contributed by atoms with Crippen LogP contribution in [0.2, 0.25) is 0 Å². The summed E-state index contributed by atoms with van der Waals surface area (Å²) in [5.74, 6) is -0.382. The monoisotopic (exact) mass is 317 g/mol. The molecule has 4 rings (SSSR count). The van der Waals surface area contributed by atoms with Gasteiger partial charge in [-0.05, 0) is 37.0 Å². The van der Waals surface area contributed by atoms with Crippen LogP contribution in [0, 0.1) is 5.82 Å². The Morgan fingerprint density at radius 2 is 2.14 bits per heavy atom. The third-order valence-electron chi connectivity index (χ3n) is 4.45. The summed E-state index contributed by atoms with van der Waals surface area (Å²) in [6.07, 6.45) is 5.02. The summed E-state index contributed by atoms with van der Waals surface area (Å²) in [6, 6.07) is 7.40. The minimum Gasteiger partial charge on any atom is -0.346 e. The maximum atomic E-state index is 13.0. The number of nitrogens with zero attached hydrogens (tertiary/aromatic N) is 1. The van der Waals surface area contributed by atoms with Gasteiger partial charge in [-0.15, -0.1) is 11.3 Å². The van der Waals surface area contributed by atoms with E-state index in [2.05, 4.69) is 15.6 Å². The molecular weight excluding hydrogens is 301 g/mol. The zero-order chi connectivity index (χ0) is 15.1. The number of rotatable bonds is 3. The van der Waals surface area contributed by atoms with Crippen molar-refractivity contribution in [3.8, 4) is 10.4 Å². The predicted octanol–water partition coefficient (Wildman–Crippen LogP) is 2.57. The summed E-state index contributed by atoms with van der Waals surface area (Å²) in [5, 5.41) is 7.05. The van der Waals surface area contributed by atoms with E-state index in [1.165, 1.54) is 29.9 Å². The second-order valence-corrected chi connectivity index (χ2v) is 6.93. The minimum absolute atomic E-state index is 0.113. The Morgan fingerprint density at radius 1 is 1.32 bits per heavy atom. The van der Waals surface area contributed by atoms with E-state index >= 15 is 0 Å². The molecule has 0 unspecified atom stereocenters. The van der Waals surface area contributed by atoms with Gasteiger partial charge in [0.05, 0.1) is 4.88 Å². The molecule has 1 aromatic heterocycles. The van der Waals surface area contributed by atoms with Crippen LogP contribution in [0.3, 0.4) is 0 Å². The lowest BCUT2D eigenvalue weighted by Gasteiger charge is -2.20. The quantitative estimate of drug-likeness (QED) is 0.915. The van der Waals surface area contributed by atoms with Gasteiger partial charge in [0.25, 0.3) is 5.91 Å². The minimum atomic E-state index is -0.269. The lowest BCUT2D eigenvalue weighted by atomic mass is 9.95. The van der Waals surface area contributed by atoms with Crippen LogP contribution < -0.4 is 10.6 Å². The van der Waals surface area contributed by atoms with Gasteiger partial charge in [-0.25, -0.2) is 9.37 Å². The molecule has 2 saturated heterocycles. The molecule has 0 radical (unpaired) electrons. The third-order valence-corrected chi connectivity index (χ3v) is 5.49. The molecule has 2 aromatic rings. The molecule has 0 saturated carbocycles. The van der Waals surface area contributed by atoms with Crippen LogP contribution in [0.25, 0.3) is 10.4 Å². The van der Waals surface area contributed by atoms with Crippen LogP contribution >= 0.6 is 11.3 Å². The van der Waals surface area contributed by atoms with E-state index in [1.807, 2.05) is 0 Å². The van der Waals surface area contributed by atoms with Gasteiger partial charge in [0.2, 0.25) is 0 Å². The second kappa shape index (κ2) is 5.44. The van der Waals surface area contributed by atoms with Gasteiger partial charge in [0.1, 0.15) is 5.82 Å². The van der Waals surface area contributed by atoms with Gasteiger partial charge in [0, 0.05) is 24.3 Å². The van der Waals surface area contributed by atoms with Gasteiger partial charge >= 0.3 is 0 Å². The average Bonchev–Trinajstić information content (AvgIpc) is 3.24. The molecule has 2 aliphatic rings. The Kier molecular flexibility index (Phi) is 3.43. The lowest BCUT2D eigenvalue weighted by molar-refractivity contribution is 0.0930. The number of hydrogen-bond acceptors (Lipinski definition) is 4.